The van der Waals surface area contributed by atoms with Gasteiger partial charge in [-0.2, -0.15) is 0 Å². The quantitative estimate of drug-likeness (QED) is 0.620. The maximum atomic E-state index is 12.2. The SMILES string of the molecule is Cc1cc(C(=O)CCl)c(C)n1CCC(=O)N1CCCCC1. The molecule has 21 heavy (non-hydrogen) atoms. The van der Waals surface area contributed by atoms with E-state index < -0.39 is 0 Å². The normalized spacial score (nSPS) is 15.3. The summed E-state index contributed by atoms with van der Waals surface area (Å²) in [5, 5.41) is 0. The van der Waals surface area contributed by atoms with E-state index in [1.54, 1.807) is 0 Å². The van der Waals surface area contributed by atoms with Crippen molar-refractivity contribution in [3.8, 4) is 0 Å². The Morgan fingerprint density at radius 3 is 2.48 bits per heavy atom. The number of ketones is 1. The average molecular weight is 311 g/mol. The van der Waals surface area contributed by atoms with Gasteiger partial charge in [-0.1, -0.05) is 0 Å². The van der Waals surface area contributed by atoms with Crippen LogP contribution in [-0.2, 0) is 11.3 Å². The molecule has 0 N–H and O–H groups in total. The second-order valence-electron chi connectivity index (χ2n) is 5.68. The third kappa shape index (κ3) is 3.67. The number of Topliss-reactive ketones (excluding diaryl/α,β-unsaturated/α-hetero) is 1. The van der Waals surface area contributed by atoms with Crippen LogP contribution in [0.25, 0.3) is 0 Å². The maximum Gasteiger partial charge on any atom is 0.224 e. The van der Waals surface area contributed by atoms with Crippen LogP contribution in [0.4, 0.5) is 0 Å². The van der Waals surface area contributed by atoms with E-state index in [9.17, 15) is 9.59 Å². The van der Waals surface area contributed by atoms with E-state index in [0.717, 1.165) is 37.3 Å². The van der Waals surface area contributed by atoms with Crippen LogP contribution >= 0.6 is 11.6 Å². The zero-order valence-corrected chi connectivity index (χ0v) is 13.6. The molecule has 0 aromatic carbocycles. The second kappa shape index (κ2) is 7.12. The fourth-order valence-corrected chi connectivity index (χ4v) is 3.15. The van der Waals surface area contributed by atoms with Gasteiger partial charge < -0.3 is 9.47 Å². The summed E-state index contributed by atoms with van der Waals surface area (Å²) in [5.41, 5.74) is 2.59. The standard InChI is InChI=1S/C16H23ClN2O2/c1-12-10-14(15(20)11-17)13(2)19(12)9-6-16(21)18-7-4-3-5-8-18/h10H,3-9,11H2,1-2H3. The van der Waals surface area contributed by atoms with Crippen molar-refractivity contribution in [3.63, 3.8) is 0 Å². The lowest BCUT2D eigenvalue weighted by atomic mass is 10.1. The van der Waals surface area contributed by atoms with Crippen LogP contribution in [0.1, 0.15) is 47.4 Å². The Bertz CT molecular complexity index is 531. The largest absolute Gasteiger partial charge is 0.348 e. The van der Waals surface area contributed by atoms with Crippen molar-refractivity contribution < 1.29 is 9.59 Å². The molecule has 1 aromatic rings. The first-order valence-corrected chi connectivity index (χ1v) is 8.11. The molecule has 0 atom stereocenters. The van der Waals surface area contributed by atoms with Gasteiger partial charge in [0.25, 0.3) is 0 Å². The molecule has 0 unspecified atom stereocenters. The minimum atomic E-state index is -0.0571. The van der Waals surface area contributed by atoms with Crippen molar-refractivity contribution in [3.05, 3.63) is 23.0 Å². The summed E-state index contributed by atoms with van der Waals surface area (Å²) in [7, 11) is 0. The number of nitrogens with zero attached hydrogens (tertiary/aromatic N) is 2. The Morgan fingerprint density at radius 2 is 1.86 bits per heavy atom. The molecule has 2 heterocycles. The Kier molecular flexibility index (Phi) is 5.45. The molecule has 0 radical (unpaired) electrons. The number of amides is 1. The van der Waals surface area contributed by atoms with Gasteiger partial charge in [0.15, 0.2) is 5.78 Å². The lowest BCUT2D eigenvalue weighted by molar-refractivity contribution is -0.132. The van der Waals surface area contributed by atoms with E-state index >= 15 is 0 Å². The van der Waals surface area contributed by atoms with Gasteiger partial charge in [0, 0.05) is 43.0 Å². The summed E-state index contributed by atoms with van der Waals surface area (Å²) >= 11 is 5.63. The minimum absolute atomic E-state index is 0.00297. The molecular formula is C16H23ClN2O2. The van der Waals surface area contributed by atoms with Gasteiger partial charge in [-0.3, -0.25) is 9.59 Å². The summed E-state index contributed by atoms with van der Waals surface area (Å²) in [5.74, 6) is 0.155. The van der Waals surface area contributed by atoms with Crippen molar-refractivity contribution in [2.75, 3.05) is 19.0 Å². The zero-order valence-electron chi connectivity index (χ0n) is 12.8. The fraction of sp³-hybridized carbons (Fsp3) is 0.625. The van der Waals surface area contributed by atoms with Crippen LogP contribution in [0.5, 0.6) is 0 Å². The van der Waals surface area contributed by atoms with Gasteiger partial charge in [0.2, 0.25) is 5.91 Å². The van der Waals surface area contributed by atoms with Gasteiger partial charge in [0.05, 0.1) is 5.88 Å². The predicted molar refractivity (Wildman–Crippen MR) is 84.0 cm³/mol. The van der Waals surface area contributed by atoms with Crippen molar-refractivity contribution in [2.45, 2.75) is 46.1 Å². The number of hydrogen-bond acceptors (Lipinski definition) is 2. The highest BCUT2D eigenvalue weighted by Gasteiger charge is 2.18. The van der Waals surface area contributed by atoms with Crippen LogP contribution in [-0.4, -0.2) is 40.1 Å². The van der Waals surface area contributed by atoms with Crippen LogP contribution in [0.2, 0.25) is 0 Å². The van der Waals surface area contributed by atoms with Gasteiger partial charge in [-0.15, -0.1) is 11.6 Å². The highest BCUT2D eigenvalue weighted by atomic mass is 35.5. The van der Waals surface area contributed by atoms with Crippen LogP contribution in [0.15, 0.2) is 6.07 Å². The first kappa shape index (κ1) is 16.1. The molecule has 0 bridgehead atoms. The number of carbonyl (C=O) groups excluding carboxylic acids is 2. The molecule has 1 aliphatic rings. The first-order chi connectivity index (χ1) is 10.0. The molecule has 0 saturated carbocycles. The third-order valence-corrected chi connectivity index (χ3v) is 4.50. The van der Waals surface area contributed by atoms with E-state index in [4.69, 9.17) is 11.6 Å². The molecular weight excluding hydrogens is 288 g/mol. The summed E-state index contributed by atoms with van der Waals surface area (Å²) in [6.45, 7) is 6.28. The van der Waals surface area contributed by atoms with E-state index in [1.807, 2.05) is 29.4 Å². The Balaban J connectivity index is 2.01. The molecule has 116 valence electrons. The highest BCUT2D eigenvalue weighted by Crippen LogP contribution is 2.17. The number of halogens is 1. The van der Waals surface area contributed by atoms with Crippen molar-refractivity contribution >= 4 is 23.3 Å². The van der Waals surface area contributed by atoms with Gasteiger partial charge in [-0.05, 0) is 39.2 Å². The Hall–Kier alpha value is -1.29. The highest BCUT2D eigenvalue weighted by molar-refractivity contribution is 6.30. The number of piperidine rings is 1. The molecule has 1 aliphatic heterocycles. The Labute approximate surface area is 131 Å². The smallest absolute Gasteiger partial charge is 0.224 e. The van der Waals surface area contributed by atoms with Crippen molar-refractivity contribution in [2.24, 2.45) is 0 Å². The number of likely N-dealkylation sites (tertiary alicyclic amines) is 1. The second-order valence-corrected chi connectivity index (χ2v) is 5.95. The molecule has 4 nitrogen and oxygen atoms in total. The van der Waals surface area contributed by atoms with Gasteiger partial charge in [-0.25, -0.2) is 0 Å². The molecule has 1 fully saturated rings. The van der Waals surface area contributed by atoms with E-state index in [-0.39, 0.29) is 17.6 Å². The van der Waals surface area contributed by atoms with Gasteiger partial charge in [0.1, 0.15) is 0 Å². The topological polar surface area (TPSA) is 42.3 Å². The first-order valence-electron chi connectivity index (χ1n) is 7.58. The minimum Gasteiger partial charge on any atom is -0.348 e. The van der Waals surface area contributed by atoms with Crippen molar-refractivity contribution in [1.29, 1.82) is 0 Å². The third-order valence-electron chi connectivity index (χ3n) is 4.25. The number of aryl methyl sites for hydroxylation is 1. The lowest BCUT2D eigenvalue weighted by Crippen LogP contribution is -2.36. The summed E-state index contributed by atoms with van der Waals surface area (Å²) in [6, 6.07) is 1.87. The molecule has 0 spiro atoms. The average Bonchev–Trinajstić information content (AvgIpc) is 2.79. The monoisotopic (exact) mass is 310 g/mol. The molecule has 1 saturated heterocycles. The molecule has 1 aromatic heterocycles. The number of alkyl halides is 1. The Morgan fingerprint density at radius 1 is 1.19 bits per heavy atom. The maximum absolute atomic E-state index is 12.2. The molecule has 5 heteroatoms. The summed E-state index contributed by atoms with van der Waals surface area (Å²) < 4.78 is 2.04. The van der Waals surface area contributed by atoms with Crippen molar-refractivity contribution in [1.82, 2.24) is 9.47 Å². The number of hydrogen-bond donors (Lipinski definition) is 0. The summed E-state index contributed by atoms with van der Waals surface area (Å²) in [4.78, 5) is 25.9. The van der Waals surface area contributed by atoms with Crippen LogP contribution < -0.4 is 0 Å². The number of aromatic nitrogens is 1. The van der Waals surface area contributed by atoms with E-state index in [2.05, 4.69) is 0 Å². The van der Waals surface area contributed by atoms with Crippen LogP contribution in [0, 0.1) is 13.8 Å². The fourth-order valence-electron chi connectivity index (χ4n) is 3.01. The molecule has 1 amide bonds. The van der Waals surface area contributed by atoms with E-state index in [0.29, 0.717) is 18.5 Å². The predicted octanol–water partition coefficient (Wildman–Crippen LogP) is 2.93. The van der Waals surface area contributed by atoms with E-state index in [1.165, 1.54) is 6.42 Å². The molecule has 0 aliphatic carbocycles. The summed E-state index contributed by atoms with van der Waals surface area (Å²) in [6.07, 6.45) is 3.94. The van der Waals surface area contributed by atoms with Crippen LogP contribution in [0.3, 0.4) is 0 Å². The lowest BCUT2D eigenvalue weighted by Gasteiger charge is -2.27. The number of rotatable bonds is 5. The molecule has 2 rings (SSSR count). The number of carbonyl (C=O) groups is 2. The van der Waals surface area contributed by atoms with Gasteiger partial charge >= 0.3 is 0 Å². The zero-order chi connectivity index (χ0) is 15.4.